The Labute approximate surface area is 161 Å². The van der Waals surface area contributed by atoms with Crippen LogP contribution >= 0.6 is 0 Å². The van der Waals surface area contributed by atoms with E-state index in [0.29, 0.717) is 34.1 Å². The van der Waals surface area contributed by atoms with Gasteiger partial charge in [0.2, 0.25) is 0 Å². The number of ether oxygens (including phenoxy) is 1. The zero-order valence-electron chi connectivity index (χ0n) is 15.1. The highest BCUT2D eigenvalue weighted by atomic mass is 19.1. The van der Waals surface area contributed by atoms with Gasteiger partial charge in [-0.1, -0.05) is 30.3 Å². The molecule has 140 valence electrons. The highest BCUT2D eigenvalue weighted by Crippen LogP contribution is 2.28. The van der Waals surface area contributed by atoms with Crippen molar-refractivity contribution in [2.75, 3.05) is 18.7 Å². The van der Waals surface area contributed by atoms with E-state index in [1.54, 1.807) is 55.7 Å². The lowest BCUT2D eigenvalue weighted by molar-refractivity contribution is -0.114. The molecule has 3 aromatic rings. The number of hydrazone groups is 1. The van der Waals surface area contributed by atoms with E-state index in [4.69, 9.17) is 9.15 Å². The molecule has 0 atom stereocenters. The Bertz CT molecular complexity index is 1070. The Morgan fingerprint density at radius 1 is 1.07 bits per heavy atom. The van der Waals surface area contributed by atoms with Crippen molar-refractivity contribution in [3.05, 3.63) is 83.9 Å². The van der Waals surface area contributed by atoms with E-state index in [0.717, 1.165) is 0 Å². The summed E-state index contributed by atoms with van der Waals surface area (Å²) in [7, 11) is 1.54. The van der Waals surface area contributed by atoms with Crippen LogP contribution in [-0.4, -0.2) is 25.3 Å². The maximum Gasteiger partial charge on any atom is 0.280 e. The number of para-hydroxylation sites is 1. The van der Waals surface area contributed by atoms with Crippen LogP contribution in [0.3, 0.4) is 0 Å². The molecule has 0 N–H and O–H groups in total. The Hall–Kier alpha value is -3.51. The quantitative estimate of drug-likeness (QED) is 0.615. The molecule has 1 aromatic heterocycles. The minimum Gasteiger partial charge on any atom is -0.457 e. The Morgan fingerprint density at radius 3 is 2.57 bits per heavy atom. The first-order valence-corrected chi connectivity index (χ1v) is 8.70. The Balaban J connectivity index is 1.68. The predicted molar refractivity (Wildman–Crippen MR) is 105 cm³/mol. The lowest BCUT2D eigenvalue weighted by atomic mass is 10.1. The van der Waals surface area contributed by atoms with Crippen molar-refractivity contribution < 1.29 is 18.3 Å². The van der Waals surface area contributed by atoms with Gasteiger partial charge in [0.25, 0.3) is 5.91 Å². The molecule has 6 heteroatoms. The zero-order valence-corrected chi connectivity index (χ0v) is 15.1. The van der Waals surface area contributed by atoms with E-state index in [1.165, 1.54) is 11.1 Å². The molecule has 5 nitrogen and oxygen atoms in total. The van der Waals surface area contributed by atoms with Crippen molar-refractivity contribution in [1.29, 1.82) is 0 Å². The van der Waals surface area contributed by atoms with Crippen molar-refractivity contribution >= 4 is 23.4 Å². The number of carbonyl (C=O) groups is 1. The van der Waals surface area contributed by atoms with Gasteiger partial charge in [0.15, 0.2) is 0 Å². The summed E-state index contributed by atoms with van der Waals surface area (Å²) in [5, 5.41) is 5.73. The second kappa shape index (κ2) is 7.62. The molecule has 28 heavy (non-hydrogen) atoms. The third kappa shape index (κ3) is 3.37. The van der Waals surface area contributed by atoms with E-state index in [9.17, 15) is 9.18 Å². The number of furan rings is 1. The normalized spacial score (nSPS) is 15.4. The van der Waals surface area contributed by atoms with Gasteiger partial charge < -0.3 is 9.15 Å². The Kier molecular flexibility index (Phi) is 4.87. The molecular weight excluding hydrogens is 359 g/mol. The first-order chi connectivity index (χ1) is 13.7. The van der Waals surface area contributed by atoms with Gasteiger partial charge in [-0.3, -0.25) is 4.79 Å². The summed E-state index contributed by atoms with van der Waals surface area (Å²) >= 11 is 0. The molecule has 0 fully saturated rings. The van der Waals surface area contributed by atoms with E-state index >= 15 is 0 Å². The minimum absolute atomic E-state index is 0.182. The van der Waals surface area contributed by atoms with E-state index in [2.05, 4.69) is 5.10 Å². The first kappa shape index (κ1) is 17.9. The lowest BCUT2D eigenvalue weighted by Gasteiger charge is -2.10. The fourth-order valence-corrected chi connectivity index (χ4v) is 2.97. The van der Waals surface area contributed by atoms with Gasteiger partial charge in [-0.25, -0.2) is 4.39 Å². The number of hydrogen-bond acceptors (Lipinski definition) is 4. The second-order valence-electron chi connectivity index (χ2n) is 6.17. The van der Waals surface area contributed by atoms with Crippen LogP contribution in [-0.2, 0) is 9.53 Å². The van der Waals surface area contributed by atoms with Crippen molar-refractivity contribution in [3.8, 4) is 11.3 Å². The van der Waals surface area contributed by atoms with Crippen molar-refractivity contribution in [2.45, 2.75) is 0 Å². The molecule has 1 aliphatic rings. The number of halogens is 1. The molecular formula is C22H17FN2O3. The zero-order chi connectivity index (χ0) is 19.5. The topological polar surface area (TPSA) is 55.0 Å². The number of methoxy groups -OCH3 is 1. The lowest BCUT2D eigenvalue weighted by Crippen LogP contribution is -2.21. The molecule has 2 heterocycles. The average Bonchev–Trinajstić information content (AvgIpc) is 3.30. The van der Waals surface area contributed by atoms with Gasteiger partial charge in [0, 0.05) is 7.11 Å². The van der Waals surface area contributed by atoms with Crippen LogP contribution in [0.4, 0.5) is 10.1 Å². The van der Waals surface area contributed by atoms with Gasteiger partial charge in [-0.05, 0) is 42.5 Å². The van der Waals surface area contributed by atoms with Crippen molar-refractivity contribution in [1.82, 2.24) is 0 Å². The van der Waals surface area contributed by atoms with Gasteiger partial charge >= 0.3 is 0 Å². The second-order valence-corrected chi connectivity index (χ2v) is 6.17. The number of rotatable bonds is 5. The summed E-state index contributed by atoms with van der Waals surface area (Å²) in [6.07, 6.45) is 1.60. The highest BCUT2D eigenvalue weighted by Gasteiger charge is 2.31. The van der Waals surface area contributed by atoms with E-state index < -0.39 is 0 Å². The third-order valence-electron chi connectivity index (χ3n) is 4.29. The summed E-state index contributed by atoms with van der Waals surface area (Å²) in [5.41, 5.74) is 1.90. The van der Waals surface area contributed by atoms with Gasteiger partial charge in [0.05, 0.1) is 23.4 Å². The summed E-state index contributed by atoms with van der Waals surface area (Å²) in [5.74, 6) is 0.174. The molecule has 1 aliphatic heterocycles. The van der Waals surface area contributed by atoms with Crippen molar-refractivity contribution in [2.24, 2.45) is 5.10 Å². The first-order valence-electron chi connectivity index (χ1n) is 8.70. The molecule has 0 bridgehead atoms. The maximum absolute atomic E-state index is 14.0. The molecule has 0 radical (unpaired) electrons. The maximum atomic E-state index is 14.0. The number of nitrogens with zero attached hydrogens (tertiary/aromatic N) is 2. The molecule has 0 unspecified atom stereocenters. The molecule has 0 saturated heterocycles. The van der Waals surface area contributed by atoms with Crippen LogP contribution in [0.1, 0.15) is 5.76 Å². The van der Waals surface area contributed by atoms with Gasteiger partial charge in [-0.2, -0.15) is 10.1 Å². The average molecular weight is 376 g/mol. The van der Waals surface area contributed by atoms with Crippen LogP contribution in [0.5, 0.6) is 0 Å². The number of carbonyl (C=O) groups excluding carboxylic acids is 1. The molecule has 1 amide bonds. The number of anilines is 1. The largest absolute Gasteiger partial charge is 0.457 e. The molecule has 0 aliphatic carbocycles. The minimum atomic E-state index is -0.370. The Morgan fingerprint density at radius 2 is 1.82 bits per heavy atom. The standard InChI is InChI=1S/C22H17FN2O3/c1-27-14-20-18(22(26)25(24-20)15-7-3-2-4-8-15)13-16-11-12-21(28-16)17-9-5-6-10-19(17)23/h2-13H,14H2,1H3/b18-13-. The monoisotopic (exact) mass is 376 g/mol. The van der Waals surface area contributed by atoms with Crippen LogP contribution in [0.2, 0.25) is 0 Å². The number of benzene rings is 2. The van der Waals surface area contributed by atoms with Gasteiger partial charge in [-0.15, -0.1) is 0 Å². The fraction of sp³-hybridized carbons (Fsp3) is 0.0909. The predicted octanol–water partition coefficient (Wildman–Crippen LogP) is 4.52. The fourth-order valence-electron chi connectivity index (χ4n) is 2.97. The van der Waals surface area contributed by atoms with E-state index in [-0.39, 0.29) is 18.3 Å². The molecule has 0 spiro atoms. The SMILES string of the molecule is COCC1=NN(c2ccccc2)C(=O)/C1=C\c1ccc(-c2ccccc2F)o1. The third-order valence-corrected chi connectivity index (χ3v) is 4.29. The van der Waals surface area contributed by atoms with Gasteiger partial charge in [0.1, 0.15) is 23.0 Å². The number of hydrogen-bond donors (Lipinski definition) is 0. The summed E-state index contributed by atoms with van der Waals surface area (Å²) < 4.78 is 24.9. The van der Waals surface area contributed by atoms with Crippen LogP contribution in [0.15, 0.2) is 81.8 Å². The van der Waals surface area contributed by atoms with Crippen LogP contribution in [0, 0.1) is 5.82 Å². The van der Waals surface area contributed by atoms with Crippen LogP contribution < -0.4 is 5.01 Å². The van der Waals surface area contributed by atoms with Crippen molar-refractivity contribution in [3.63, 3.8) is 0 Å². The summed E-state index contributed by atoms with van der Waals surface area (Å²) in [6.45, 7) is 0.182. The number of amides is 1. The smallest absolute Gasteiger partial charge is 0.280 e. The highest BCUT2D eigenvalue weighted by molar-refractivity contribution is 6.33. The summed E-state index contributed by atoms with van der Waals surface area (Å²) in [4.78, 5) is 12.9. The van der Waals surface area contributed by atoms with E-state index in [1.807, 2.05) is 18.2 Å². The van der Waals surface area contributed by atoms with Crippen LogP contribution in [0.25, 0.3) is 17.4 Å². The molecule has 2 aromatic carbocycles. The molecule has 4 rings (SSSR count). The summed E-state index contributed by atoms with van der Waals surface area (Å²) in [6, 6.07) is 18.9. The molecule has 0 saturated carbocycles.